The highest BCUT2D eigenvalue weighted by molar-refractivity contribution is 5.94. The minimum atomic E-state index is -0.0830. The van der Waals surface area contributed by atoms with Gasteiger partial charge in [0.2, 0.25) is 0 Å². The zero-order valence-corrected chi connectivity index (χ0v) is 10.4. The van der Waals surface area contributed by atoms with E-state index in [0.29, 0.717) is 31.9 Å². The molecule has 0 aliphatic heterocycles. The normalized spacial score (nSPS) is 10.2. The molecule has 0 saturated carbocycles. The van der Waals surface area contributed by atoms with Crippen molar-refractivity contribution in [2.24, 2.45) is 0 Å². The Hall–Kier alpha value is -1.39. The molecule has 1 aromatic carbocycles. The summed E-state index contributed by atoms with van der Waals surface area (Å²) in [6.07, 6.45) is 0. The van der Waals surface area contributed by atoms with Crippen LogP contribution in [0.15, 0.2) is 24.3 Å². The lowest BCUT2D eigenvalue weighted by molar-refractivity contribution is 0.0936. The number of benzene rings is 1. The van der Waals surface area contributed by atoms with Crippen molar-refractivity contribution < 1.29 is 14.3 Å². The van der Waals surface area contributed by atoms with Crippen LogP contribution in [0.5, 0.6) is 0 Å². The van der Waals surface area contributed by atoms with Crippen molar-refractivity contribution in [2.75, 3.05) is 26.9 Å². The van der Waals surface area contributed by atoms with Gasteiger partial charge in [-0.3, -0.25) is 4.79 Å². The van der Waals surface area contributed by atoms with Crippen LogP contribution in [0.25, 0.3) is 0 Å². The summed E-state index contributed by atoms with van der Waals surface area (Å²) in [5.41, 5.74) is 1.66. The molecule has 0 bridgehead atoms. The van der Waals surface area contributed by atoms with Crippen LogP contribution in [-0.4, -0.2) is 32.8 Å². The van der Waals surface area contributed by atoms with E-state index in [9.17, 15) is 4.79 Å². The molecule has 1 aromatic rings. The fraction of sp³-hybridized carbons (Fsp3) is 0.462. The maximum atomic E-state index is 11.7. The summed E-state index contributed by atoms with van der Waals surface area (Å²) in [4.78, 5) is 11.7. The Morgan fingerprint density at radius 3 is 2.94 bits per heavy atom. The van der Waals surface area contributed by atoms with Crippen molar-refractivity contribution in [3.05, 3.63) is 35.4 Å². The Morgan fingerprint density at radius 2 is 2.24 bits per heavy atom. The average molecular weight is 237 g/mol. The molecule has 0 atom stereocenters. The first-order valence-corrected chi connectivity index (χ1v) is 5.71. The molecule has 0 fully saturated rings. The van der Waals surface area contributed by atoms with Gasteiger partial charge in [0.05, 0.1) is 13.2 Å². The molecule has 0 radical (unpaired) electrons. The van der Waals surface area contributed by atoms with Gasteiger partial charge in [0.25, 0.3) is 5.91 Å². The lowest BCUT2D eigenvalue weighted by Crippen LogP contribution is -2.26. The molecule has 0 saturated heterocycles. The molecule has 4 nitrogen and oxygen atoms in total. The third-order valence-corrected chi connectivity index (χ3v) is 2.25. The quantitative estimate of drug-likeness (QED) is 0.733. The molecule has 1 rings (SSSR count). The van der Waals surface area contributed by atoms with Crippen molar-refractivity contribution in [3.63, 3.8) is 0 Å². The highest BCUT2D eigenvalue weighted by Crippen LogP contribution is 2.06. The van der Waals surface area contributed by atoms with E-state index in [1.807, 2.05) is 25.1 Å². The first-order valence-electron chi connectivity index (χ1n) is 5.71. The fourth-order valence-electron chi connectivity index (χ4n) is 1.39. The van der Waals surface area contributed by atoms with E-state index in [2.05, 4.69) is 5.32 Å². The zero-order valence-electron chi connectivity index (χ0n) is 10.4. The maximum Gasteiger partial charge on any atom is 0.251 e. The molecular weight excluding hydrogens is 218 g/mol. The second-order valence-electron chi connectivity index (χ2n) is 3.59. The highest BCUT2D eigenvalue weighted by Gasteiger charge is 2.05. The molecule has 1 amide bonds. The van der Waals surface area contributed by atoms with Gasteiger partial charge in [-0.25, -0.2) is 0 Å². The number of hydrogen-bond acceptors (Lipinski definition) is 3. The fourth-order valence-corrected chi connectivity index (χ4v) is 1.39. The summed E-state index contributed by atoms with van der Waals surface area (Å²) < 4.78 is 10.2. The smallest absolute Gasteiger partial charge is 0.251 e. The average Bonchev–Trinajstić information content (AvgIpc) is 2.37. The summed E-state index contributed by atoms with van der Waals surface area (Å²) >= 11 is 0. The molecule has 17 heavy (non-hydrogen) atoms. The van der Waals surface area contributed by atoms with E-state index in [1.165, 1.54) is 0 Å². The van der Waals surface area contributed by atoms with Crippen LogP contribution in [0.4, 0.5) is 0 Å². The first-order chi connectivity index (χ1) is 8.27. The van der Waals surface area contributed by atoms with E-state index >= 15 is 0 Å². The van der Waals surface area contributed by atoms with Gasteiger partial charge in [-0.2, -0.15) is 0 Å². The maximum absolute atomic E-state index is 11.7. The molecule has 1 N–H and O–H groups in total. The Morgan fingerprint density at radius 1 is 1.41 bits per heavy atom. The van der Waals surface area contributed by atoms with Gasteiger partial charge in [0.1, 0.15) is 0 Å². The number of ether oxygens (including phenoxy) is 2. The topological polar surface area (TPSA) is 47.6 Å². The minimum absolute atomic E-state index is 0.0830. The van der Waals surface area contributed by atoms with E-state index in [-0.39, 0.29) is 5.91 Å². The molecule has 0 aliphatic rings. The molecule has 0 aromatic heterocycles. The van der Waals surface area contributed by atoms with Crippen molar-refractivity contribution in [3.8, 4) is 0 Å². The van der Waals surface area contributed by atoms with Crippen molar-refractivity contribution >= 4 is 5.91 Å². The van der Waals surface area contributed by atoms with Crippen molar-refractivity contribution in [1.82, 2.24) is 5.32 Å². The van der Waals surface area contributed by atoms with Gasteiger partial charge >= 0.3 is 0 Å². The lowest BCUT2D eigenvalue weighted by Gasteiger charge is -2.06. The number of methoxy groups -OCH3 is 1. The van der Waals surface area contributed by atoms with Crippen LogP contribution in [0.2, 0.25) is 0 Å². The largest absolute Gasteiger partial charge is 0.383 e. The van der Waals surface area contributed by atoms with E-state index < -0.39 is 0 Å². The Bertz CT molecular complexity index is 352. The predicted molar refractivity (Wildman–Crippen MR) is 66.0 cm³/mol. The van der Waals surface area contributed by atoms with Crippen LogP contribution in [0.1, 0.15) is 22.8 Å². The number of amides is 1. The summed E-state index contributed by atoms with van der Waals surface area (Å²) in [5.74, 6) is -0.0830. The van der Waals surface area contributed by atoms with Gasteiger partial charge < -0.3 is 14.8 Å². The third-order valence-electron chi connectivity index (χ3n) is 2.25. The number of rotatable bonds is 7. The summed E-state index contributed by atoms with van der Waals surface area (Å²) in [7, 11) is 1.61. The number of carbonyl (C=O) groups is 1. The molecule has 0 unspecified atom stereocenters. The minimum Gasteiger partial charge on any atom is -0.383 e. The summed E-state index contributed by atoms with van der Waals surface area (Å²) in [5, 5.41) is 2.78. The number of hydrogen-bond donors (Lipinski definition) is 1. The van der Waals surface area contributed by atoms with E-state index in [1.54, 1.807) is 13.2 Å². The van der Waals surface area contributed by atoms with E-state index in [0.717, 1.165) is 5.56 Å². The molecule has 0 aliphatic carbocycles. The van der Waals surface area contributed by atoms with Crippen molar-refractivity contribution in [1.29, 1.82) is 0 Å². The van der Waals surface area contributed by atoms with Crippen LogP contribution in [-0.2, 0) is 16.1 Å². The Labute approximate surface area is 102 Å². The summed E-state index contributed by atoms with van der Waals surface area (Å²) in [6.45, 7) is 4.19. The molecule has 0 spiro atoms. The zero-order chi connectivity index (χ0) is 12.5. The van der Waals surface area contributed by atoms with Crippen molar-refractivity contribution in [2.45, 2.75) is 13.5 Å². The van der Waals surface area contributed by atoms with Crippen LogP contribution >= 0.6 is 0 Å². The molecule has 94 valence electrons. The second kappa shape index (κ2) is 7.81. The predicted octanol–water partition coefficient (Wildman–Crippen LogP) is 1.60. The number of nitrogens with one attached hydrogen (secondary N) is 1. The standard InChI is InChI=1S/C13H19NO3/c1-3-17-10-11-5-4-6-12(9-11)13(15)14-7-8-16-2/h4-6,9H,3,7-8,10H2,1-2H3,(H,14,15). The van der Waals surface area contributed by atoms with Gasteiger partial charge in [-0.05, 0) is 24.6 Å². The first kappa shape index (κ1) is 13.7. The Kier molecular flexibility index (Phi) is 6.29. The SMILES string of the molecule is CCOCc1cccc(C(=O)NCCOC)c1. The third kappa shape index (κ3) is 4.97. The number of carbonyl (C=O) groups excluding carboxylic acids is 1. The summed E-state index contributed by atoms with van der Waals surface area (Å²) in [6, 6.07) is 7.44. The van der Waals surface area contributed by atoms with Crippen LogP contribution < -0.4 is 5.32 Å². The highest BCUT2D eigenvalue weighted by atomic mass is 16.5. The van der Waals surface area contributed by atoms with Crippen LogP contribution in [0, 0.1) is 0 Å². The lowest BCUT2D eigenvalue weighted by atomic mass is 10.1. The molecular formula is C13H19NO3. The van der Waals surface area contributed by atoms with Gasteiger partial charge in [-0.1, -0.05) is 12.1 Å². The molecule has 0 heterocycles. The monoisotopic (exact) mass is 237 g/mol. The van der Waals surface area contributed by atoms with Gasteiger partial charge in [0.15, 0.2) is 0 Å². The van der Waals surface area contributed by atoms with Crippen LogP contribution in [0.3, 0.4) is 0 Å². The Balaban J connectivity index is 2.54. The molecule has 4 heteroatoms. The van der Waals surface area contributed by atoms with Gasteiger partial charge in [0, 0.05) is 25.8 Å². The van der Waals surface area contributed by atoms with E-state index in [4.69, 9.17) is 9.47 Å². The second-order valence-corrected chi connectivity index (χ2v) is 3.59. The van der Waals surface area contributed by atoms with Gasteiger partial charge in [-0.15, -0.1) is 0 Å².